The fourth-order valence-electron chi connectivity index (χ4n) is 3.16. The van der Waals surface area contributed by atoms with Crippen LogP contribution in [0.4, 0.5) is 0 Å². The number of benzene rings is 3. The first-order chi connectivity index (χ1) is 13.9. The zero-order chi connectivity index (χ0) is 21.0. The van der Waals surface area contributed by atoms with E-state index in [9.17, 15) is 9.59 Å². The first-order valence-electron chi connectivity index (χ1n) is 9.55. The molecule has 3 aromatic carbocycles. The smallest absolute Gasteiger partial charge is 0.253 e. The number of rotatable bonds is 6. The van der Waals surface area contributed by atoms with Crippen molar-refractivity contribution in [1.82, 2.24) is 10.2 Å². The average Bonchev–Trinajstić information content (AvgIpc) is 2.75. The molecule has 0 aliphatic heterocycles. The van der Waals surface area contributed by atoms with E-state index in [0.717, 1.165) is 27.6 Å². The lowest BCUT2D eigenvalue weighted by atomic mass is 9.97. The number of methoxy groups -OCH3 is 1. The van der Waals surface area contributed by atoms with Crippen LogP contribution in [0.25, 0.3) is 10.8 Å². The Labute approximate surface area is 171 Å². The minimum atomic E-state index is -0.268. The van der Waals surface area contributed by atoms with Crippen molar-refractivity contribution < 1.29 is 14.3 Å². The van der Waals surface area contributed by atoms with Gasteiger partial charge in [-0.25, -0.2) is 0 Å². The van der Waals surface area contributed by atoms with Gasteiger partial charge in [0.05, 0.1) is 13.0 Å². The molecule has 1 N–H and O–H groups in total. The van der Waals surface area contributed by atoms with Gasteiger partial charge in [-0.2, -0.15) is 0 Å². The molecular formula is C24H26N2O3. The van der Waals surface area contributed by atoms with Crippen LogP contribution in [0.1, 0.15) is 34.3 Å². The topological polar surface area (TPSA) is 58.6 Å². The molecule has 0 radical (unpaired) electrons. The molecule has 0 fully saturated rings. The second-order valence-electron chi connectivity index (χ2n) is 7.31. The molecular weight excluding hydrogens is 364 g/mol. The molecule has 5 nitrogen and oxygen atoms in total. The minimum Gasteiger partial charge on any atom is -0.497 e. The summed E-state index contributed by atoms with van der Waals surface area (Å²) in [5.41, 5.74) is 2.55. The molecule has 0 unspecified atom stereocenters. The van der Waals surface area contributed by atoms with Crippen LogP contribution in [0.5, 0.6) is 5.75 Å². The number of hydrogen-bond acceptors (Lipinski definition) is 3. The fourth-order valence-corrected chi connectivity index (χ4v) is 3.16. The highest BCUT2D eigenvalue weighted by atomic mass is 16.5. The Morgan fingerprint density at radius 2 is 1.62 bits per heavy atom. The quantitative estimate of drug-likeness (QED) is 0.693. The normalized spacial score (nSPS) is 11.7. The number of ether oxygens (including phenoxy) is 1. The summed E-state index contributed by atoms with van der Waals surface area (Å²) in [6.45, 7) is 2.32. The van der Waals surface area contributed by atoms with Gasteiger partial charge < -0.3 is 15.0 Å². The molecule has 0 spiro atoms. The zero-order valence-electron chi connectivity index (χ0n) is 17.2. The van der Waals surface area contributed by atoms with Crippen molar-refractivity contribution in [2.75, 3.05) is 21.2 Å². The number of hydrogen-bond donors (Lipinski definition) is 1. The van der Waals surface area contributed by atoms with Crippen molar-refractivity contribution >= 4 is 22.6 Å². The maximum Gasteiger partial charge on any atom is 0.253 e. The lowest BCUT2D eigenvalue weighted by Crippen LogP contribution is -2.27. The molecule has 0 aromatic heterocycles. The summed E-state index contributed by atoms with van der Waals surface area (Å²) in [5, 5.41) is 5.13. The van der Waals surface area contributed by atoms with E-state index < -0.39 is 0 Å². The summed E-state index contributed by atoms with van der Waals surface area (Å²) in [6, 6.07) is 19.2. The van der Waals surface area contributed by atoms with Gasteiger partial charge in [-0.3, -0.25) is 9.59 Å². The van der Waals surface area contributed by atoms with E-state index in [1.54, 1.807) is 33.3 Å². The Hall–Kier alpha value is -3.34. The molecule has 2 amide bonds. The van der Waals surface area contributed by atoms with Crippen molar-refractivity contribution in [1.29, 1.82) is 0 Å². The van der Waals surface area contributed by atoms with E-state index in [2.05, 4.69) is 5.32 Å². The molecule has 0 aliphatic rings. The van der Waals surface area contributed by atoms with Crippen molar-refractivity contribution in [2.24, 2.45) is 0 Å². The number of amides is 2. The first-order valence-corrected chi connectivity index (χ1v) is 9.55. The summed E-state index contributed by atoms with van der Waals surface area (Å²) in [7, 11) is 5.10. The highest BCUT2D eigenvalue weighted by Crippen LogP contribution is 2.25. The molecule has 150 valence electrons. The van der Waals surface area contributed by atoms with Crippen LogP contribution in [-0.2, 0) is 11.3 Å². The van der Waals surface area contributed by atoms with Crippen LogP contribution in [0.3, 0.4) is 0 Å². The second kappa shape index (κ2) is 8.78. The van der Waals surface area contributed by atoms with Gasteiger partial charge in [0.15, 0.2) is 0 Å². The number of nitrogens with one attached hydrogen (secondary N) is 1. The third kappa shape index (κ3) is 4.74. The van der Waals surface area contributed by atoms with Gasteiger partial charge in [-0.1, -0.05) is 36.4 Å². The van der Waals surface area contributed by atoms with E-state index in [1.807, 2.05) is 55.5 Å². The van der Waals surface area contributed by atoms with Gasteiger partial charge in [0.1, 0.15) is 5.75 Å². The summed E-state index contributed by atoms with van der Waals surface area (Å²) >= 11 is 0. The fraction of sp³-hybridized carbons (Fsp3) is 0.250. The van der Waals surface area contributed by atoms with Gasteiger partial charge >= 0.3 is 0 Å². The summed E-state index contributed by atoms with van der Waals surface area (Å²) in [5.74, 6) is 0.472. The van der Waals surface area contributed by atoms with Crippen molar-refractivity contribution in [3.63, 3.8) is 0 Å². The number of fused-ring (bicyclic) bond motifs is 1. The third-order valence-corrected chi connectivity index (χ3v) is 5.04. The van der Waals surface area contributed by atoms with Crippen LogP contribution in [0.2, 0.25) is 0 Å². The lowest BCUT2D eigenvalue weighted by Gasteiger charge is -2.14. The first kappa shape index (κ1) is 20.4. The van der Waals surface area contributed by atoms with Gasteiger partial charge in [-0.15, -0.1) is 0 Å². The van der Waals surface area contributed by atoms with Crippen LogP contribution in [-0.4, -0.2) is 37.9 Å². The molecule has 3 aromatic rings. The third-order valence-electron chi connectivity index (χ3n) is 5.04. The molecule has 29 heavy (non-hydrogen) atoms. The van der Waals surface area contributed by atoms with Crippen molar-refractivity contribution in [3.05, 3.63) is 77.4 Å². The van der Waals surface area contributed by atoms with Crippen LogP contribution < -0.4 is 10.1 Å². The van der Waals surface area contributed by atoms with Crippen molar-refractivity contribution in [3.8, 4) is 5.75 Å². The molecule has 3 rings (SSSR count). The lowest BCUT2D eigenvalue weighted by molar-refractivity contribution is -0.122. The van der Waals surface area contributed by atoms with E-state index in [4.69, 9.17) is 4.74 Å². The predicted molar refractivity (Wildman–Crippen MR) is 115 cm³/mol. The maximum atomic E-state index is 12.6. The van der Waals surface area contributed by atoms with Gasteiger partial charge in [0.25, 0.3) is 5.91 Å². The minimum absolute atomic E-state index is 0.0358. The summed E-state index contributed by atoms with van der Waals surface area (Å²) < 4.78 is 5.26. The van der Waals surface area contributed by atoms with Crippen LogP contribution in [0.15, 0.2) is 60.7 Å². The predicted octanol–water partition coefficient (Wildman–Crippen LogP) is 3.97. The second-order valence-corrected chi connectivity index (χ2v) is 7.31. The molecule has 0 saturated carbocycles. The van der Waals surface area contributed by atoms with Gasteiger partial charge in [-0.05, 0) is 53.1 Å². The summed E-state index contributed by atoms with van der Waals surface area (Å²) in [6.07, 6.45) is 0. The Kier molecular flexibility index (Phi) is 6.17. The van der Waals surface area contributed by atoms with Gasteiger partial charge in [0, 0.05) is 26.2 Å². The van der Waals surface area contributed by atoms with Gasteiger partial charge in [0.2, 0.25) is 5.91 Å². The molecule has 0 aliphatic carbocycles. The molecule has 1 atom stereocenters. The van der Waals surface area contributed by atoms with Crippen LogP contribution >= 0.6 is 0 Å². The van der Waals surface area contributed by atoms with E-state index in [-0.39, 0.29) is 17.7 Å². The van der Waals surface area contributed by atoms with Crippen LogP contribution in [0, 0.1) is 0 Å². The Bertz CT molecular complexity index is 1030. The van der Waals surface area contributed by atoms with Crippen molar-refractivity contribution in [2.45, 2.75) is 19.4 Å². The average molecular weight is 390 g/mol. The number of nitrogens with zero attached hydrogens (tertiary/aromatic N) is 1. The van der Waals surface area contributed by atoms with E-state index in [1.165, 1.54) is 4.90 Å². The molecule has 0 saturated heterocycles. The Morgan fingerprint density at radius 1 is 0.966 bits per heavy atom. The highest BCUT2D eigenvalue weighted by Gasteiger charge is 2.15. The Morgan fingerprint density at radius 3 is 2.28 bits per heavy atom. The Balaban J connectivity index is 1.64. The monoisotopic (exact) mass is 390 g/mol. The summed E-state index contributed by atoms with van der Waals surface area (Å²) in [4.78, 5) is 26.1. The number of carbonyl (C=O) groups is 2. The highest BCUT2D eigenvalue weighted by molar-refractivity contribution is 5.94. The largest absolute Gasteiger partial charge is 0.497 e. The SMILES string of the molecule is COc1ccc2cc([C@H](C)C(=O)NCc3ccc(C(=O)N(C)C)cc3)ccc2c1. The molecule has 0 heterocycles. The number of carbonyl (C=O) groups excluding carboxylic acids is 2. The zero-order valence-corrected chi connectivity index (χ0v) is 17.2. The molecule has 5 heteroatoms. The standard InChI is InChI=1S/C24H26N2O3/c1-16(19-9-10-21-14-22(29-4)12-11-20(21)13-19)23(27)25-15-17-5-7-18(8-6-17)24(28)26(2)3/h5-14,16H,15H2,1-4H3,(H,25,27)/t16-/m0/s1. The van der Waals surface area contributed by atoms with E-state index in [0.29, 0.717) is 12.1 Å². The molecule has 0 bridgehead atoms. The van der Waals surface area contributed by atoms with E-state index >= 15 is 0 Å². The maximum absolute atomic E-state index is 12.6.